The van der Waals surface area contributed by atoms with Crippen molar-refractivity contribution >= 4 is 23.7 Å². The maximum absolute atomic E-state index is 12.6. The van der Waals surface area contributed by atoms with E-state index < -0.39 is 6.04 Å². The molecule has 8 heteroatoms. The number of benzene rings is 1. The van der Waals surface area contributed by atoms with Gasteiger partial charge in [0, 0.05) is 5.70 Å². The highest BCUT2D eigenvalue weighted by Gasteiger charge is 2.35. The second kappa shape index (κ2) is 7.82. The number of anilines is 1. The van der Waals surface area contributed by atoms with Crippen molar-refractivity contribution in [3.05, 3.63) is 41.1 Å². The second-order valence-corrected chi connectivity index (χ2v) is 6.89. The summed E-state index contributed by atoms with van der Waals surface area (Å²) in [5.41, 5.74) is 2.16. The van der Waals surface area contributed by atoms with Crippen LogP contribution in [0.4, 0.5) is 5.95 Å². The number of ether oxygens (including phenoxy) is 2. The SMILES string of the molecule is CCOC(=O)C1=C(C)Nc2nc(SCC)nn2[C@@H]1c1ccc(OC)cc1. The number of hydrogen-bond donors (Lipinski definition) is 1. The van der Waals surface area contributed by atoms with Crippen LogP contribution >= 0.6 is 11.8 Å². The van der Waals surface area contributed by atoms with Crippen molar-refractivity contribution in [1.82, 2.24) is 14.8 Å². The summed E-state index contributed by atoms with van der Waals surface area (Å²) in [6.07, 6.45) is 0. The van der Waals surface area contributed by atoms with Crippen LogP contribution < -0.4 is 10.1 Å². The van der Waals surface area contributed by atoms with Crippen molar-refractivity contribution in [3.8, 4) is 5.75 Å². The van der Waals surface area contributed by atoms with E-state index in [2.05, 4.69) is 15.4 Å². The number of nitrogens with zero attached hydrogens (tertiary/aromatic N) is 3. The molecule has 138 valence electrons. The summed E-state index contributed by atoms with van der Waals surface area (Å²) in [4.78, 5) is 17.2. The number of hydrogen-bond acceptors (Lipinski definition) is 7. The normalized spacial score (nSPS) is 16.1. The lowest BCUT2D eigenvalue weighted by atomic mass is 9.96. The molecule has 0 bridgehead atoms. The topological polar surface area (TPSA) is 78.3 Å². The zero-order chi connectivity index (χ0) is 18.7. The van der Waals surface area contributed by atoms with E-state index in [-0.39, 0.29) is 5.97 Å². The summed E-state index contributed by atoms with van der Waals surface area (Å²) in [6, 6.07) is 7.19. The molecule has 0 saturated carbocycles. The molecular formula is C18H22N4O3S. The van der Waals surface area contributed by atoms with Gasteiger partial charge in [0.2, 0.25) is 11.1 Å². The van der Waals surface area contributed by atoms with E-state index in [1.54, 1.807) is 30.5 Å². The maximum atomic E-state index is 12.6. The maximum Gasteiger partial charge on any atom is 0.338 e. The number of rotatable bonds is 6. The molecule has 1 aromatic heterocycles. The van der Waals surface area contributed by atoms with Gasteiger partial charge in [-0.1, -0.05) is 30.8 Å². The van der Waals surface area contributed by atoms with Crippen LogP contribution in [-0.4, -0.2) is 40.2 Å². The second-order valence-electron chi connectivity index (χ2n) is 5.66. The first-order chi connectivity index (χ1) is 12.6. The number of methoxy groups -OCH3 is 1. The number of allylic oxidation sites excluding steroid dienone is 1. The lowest BCUT2D eigenvalue weighted by Crippen LogP contribution is -2.29. The van der Waals surface area contributed by atoms with Gasteiger partial charge in [0.1, 0.15) is 11.8 Å². The zero-order valence-corrected chi connectivity index (χ0v) is 16.1. The number of esters is 1. The van der Waals surface area contributed by atoms with E-state index in [1.807, 2.05) is 38.1 Å². The molecule has 0 radical (unpaired) electrons. The number of aromatic nitrogens is 3. The molecule has 2 aromatic rings. The predicted molar refractivity (Wildman–Crippen MR) is 101 cm³/mol. The van der Waals surface area contributed by atoms with Crippen LogP contribution in [0.15, 0.2) is 40.7 Å². The third kappa shape index (κ3) is 3.41. The fourth-order valence-corrected chi connectivity index (χ4v) is 3.44. The summed E-state index contributed by atoms with van der Waals surface area (Å²) in [5, 5.41) is 8.45. The number of carbonyl (C=O) groups is 1. The highest BCUT2D eigenvalue weighted by Crippen LogP contribution is 2.37. The van der Waals surface area contributed by atoms with Crippen molar-refractivity contribution < 1.29 is 14.3 Å². The lowest BCUT2D eigenvalue weighted by Gasteiger charge is -2.28. The summed E-state index contributed by atoms with van der Waals surface area (Å²) in [7, 11) is 1.62. The van der Waals surface area contributed by atoms with Gasteiger partial charge in [0.25, 0.3) is 0 Å². The van der Waals surface area contributed by atoms with Crippen LogP contribution in [0, 0.1) is 0 Å². The molecule has 1 aliphatic heterocycles. The van der Waals surface area contributed by atoms with Gasteiger partial charge in [-0.05, 0) is 37.3 Å². The fourth-order valence-electron chi connectivity index (χ4n) is 2.89. The summed E-state index contributed by atoms with van der Waals surface area (Å²) < 4.78 is 12.3. The van der Waals surface area contributed by atoms with E-state index in [1.165, 1.54) is 0 Å². The molecule has 0 fully saturated rings. The number of fused-ring (bicyclic) bond motifs is 1. The Morgan fingerprint density at radius 1 is 1.31 bits per heavy atom. The third-order valence-corrected chi connectivity index (χ3v) is 4.75. The van der Waals surface area contributed by atoms with Crippen LogP contribution in [0.5, 0.6) is 5.75 Å². The Hall–Kier alpha value is -2.48. The van der Waals surface area contributed by atoms with E-state index in [0.717, 1.165) is 22.8 Å². The first-order valence-corrected chi connectivity index (χ1v) is 9.45. The van der Waals surface area contributed by atoms with Crippen LogP contribution in [0.3, 0.4) is 0 Å². The standard InChI is InChI=1S/C18H22N4O3S/c1-5-25-16(23)14-11(3)19-17-20-18(26-6-2)21-22(17)15(14)12-7-9-13(24-4)10-8-12/h7-10,15H,5-6H2,1-4H3,(H,19,20,21)/t15-/m1/s1. The van der Waals surface area contributed by atoms with Crippen molar-refractivity contribution in [2.75, 3.05) is 24.8 Å². The Labute approximate surface area is 156 Å². The van der Waals surface area contributed by atoms with Gasteiger partial charge in [-0.25, -0.2) is 9.48 Å². The Morgan fingerprint density at radius 3 is 2.65 bits per heavy atom. The molecule has 0 saturated heterocycles. The molecule has 0 amide bonds. The number of thioether (sulfide) groups is 1. The summed E-state index contributed by atoms with van der Waals surface area (Å²) in [6.45, 7) is 6.01. The van der Waals surface area contributed by atoms with E-state index in [9.17, 15) is 4.79 Å². The van der Waals surface area contributed by atoms with Crippen LogP contribution in [0.1, 0.15) is 32.4 Å². The van der Waals surface area contributed by atoms with Crippen molar-refractivity contribution in [2.24, 2.45) is 0 Å². The van der Waals surface area contributed by atoms with Gasteiger partial charge in [-0.2, -0.15) is 4.98 Å². The minimum atomic E-state index is -0.407. The predicted octanol–water partition coefficient (Wildman–Crippen LogP) is 3.25. The van der Waals surface area contributed by atoms with Crippen molar-refractivity contribution in [1.29, 1.82) is 0 Å². The number of carbonyl (C=O) groups excluding carboxylic acids is 1. The Morgan fingerprint density at radius 2 is 2.04 bits per heavy atom. The van der Waals surface area contributed by atoms with E-state index in [4.69, 9.17) is 9.47 Å². The smallest absolute Gasteiger partial charge is 0.338 e. The Balaban J connectivity index is 2.11. The fraction of sp³-hybridized carbons (Fsp3) is 0.389. The lowest BCUT2D eigenvalue weighted by molar-refractivity contribution is -0.139. The molecule has 2 heterocycles. The number of nitrogens with one attached hydrogen (secondary N) is 1. The summed E-state index contributed by atoms with van der Waals surface area (Å²) >= 11 is 1.56. The van der Waals surface area contributed by atoms with Gasteiger partial charge < -0.3 is 14.8 Å². The van der Waals surface area contributed by atoms with Gasteiger partial charge in [-0.3, -0.25) is 0 Å². The third-order valence-electron chi connectivity index (χ3n) is 4.03. The van der Waals surface area contributed by atoms with Crippen molar-refractivity contribution in [3.63, 3.8) is 0 Å². The van der Waals surface area contributed by atoms with Gasteiger partial charge >= 0.3 is 5.97 Å². The highest BCUT2D eigenvalue weighted by atomic mass is 32.2. The van der Waals surface area contributed by atoms with Gasteiger partial charge in [0.15, 0.2) is 0 Å². The van der Waals surface area contributed by atoms with Crippen molar-refractivity contribution in [2.45, 2.75) is 32.0 Å². The molecular weight excluding hydrogens is 352 g/mol. The molecule has 0 aliphatic carbocycles. The monoisotopic (exact) mass is 374 g/mol. The molecule has 7 nitrogen and oxygen atoms in total. The Kier molecular flexibility index (Phi) is 5.51. The van der Waals surface area contributed by atoms with Crippen LogP contribution in [0.2, 0.25) is 0 Å². The molecule has 1 N–H and O–H groups in total. The van der Waals surface area contributed by atoms with Crippen LogP contribution in [0.25, 0.3) is 0 Å². The molecule has 26 heavy (non-hydrogen) atoms. The van der Waals surface area contributed by atoms with Crippen LogP contribution in [-0.2, 0) is 9.53 Å². The highest BCUT2D eigenvalue weighted by molar-refractivity contribution is 7.99. The zero-order valence-electron chi connectivity index (χ0n) is 15.3. The molecule has 0 unspecified atom stereocenters. The average molecular weight is 374 g/mol. The molecule has 3 rings (SSSR count). The largest absolute Gasteiger partial charge is 0.497 e. The molecule has 1 aromatic carbocycles. The molecule has 1 aliphatic rings. The first-order valence-electron chi connectivity index (χ1n) is 8.47. The van der Waals surface area contributed by atoms with E-state index in [0.29, 0.717) is 23.3 Å². The van der Waals surface area contributed by atoms with Gasteiger partial charge in [-0.15, -0.1) is 5.10 Å². The quantitative estimate of drug-likeness (QED) is 0.614. The summed E-state index contributed by atoms with van der Waals surface area (Å²) in [5.74, 6) is 1.88. The Bertz CT molecular complexity index is 829. The minimum absolute atomic E-state index is 0.312. The minimum Gasteiger partial charge on any atom is -0.497 e. The molecule has 0 spiro atoms. The van der Waals surface area contributed by atoms with Gasteiger partial charge in [0.05, 0.1) is 19.3 Å². The molecule has 1 atom stereocenters. The first kappa shape index (κ1) is 18.3. The van der Waals surface area contributed by atoms with E-state index >= 15 is 0 Å². The average Bonchev–Trinajstić information content (AvgIpc) is 3.03.